The van der Waals surface area contributed by atoms with E-state index in [0.717, 1.165) is 12.0 Å². The maximum Gasteiger partial charge on any atom is 0.0604 e. The number of likely N-dealkylation sites (tertiary alicyclic amines) is 1. The minimum atomic E-state index is 0.380. The second kappa shape index (κ2) is 4.89. The summed E-state index contributed by atoms with van der Waals surface area (Å²) >= 11 is 0. The van der Waals surface area contributed by atoms with Crippen LogP contribution in [0.15, 0.2) is 0 Å². The molecule has 1 saturated carbocycles. The van der Waals surface area contributed by atoms with Gasteiger partial charge in [0.2, 0.25) is 0 Å². The number of rotatable bonds is 3. The lowest BCUT2D eigenvalue weighted by Gasteiger charge is -2.56. The Morgan fingerprint density at radius 3 is 2.29 bits per heavy atom. The van der Waals surface area contributed by atoms with Crippen molar-refractivity contribution in [2.45, 2.75) is 72.1 Å². The SMILES string of the molecule is CC(C)O[C@H]1CCC2(C[C@H]1C)CN(C(C)C)C2. The van der Waals surface area contributed by atoms with E-state index in [1.807, 2.05) is 0 Å². The lowest BCUT2D eigenvalue weighted by atomic mass is 9.64. The Labute approximate surface area is 107 Å². The van der Waals surface area contributed by atoms with Crippen molar-refractivity contribution in [2.75, 3.05) is 13.1 Å². The highest BCUT2D eigenvalue weighted by atomic mass is 16.5. The number of hydrogen-bond donors (Lipinski definition) is 0. The minimum Gasteiger partial charge on any atom is -0.375 e. The summed E-state index contributed by atoms with van der Waals surface area (Å²) in [6.45, 7) is 14.0. The van der Waals surface area contributed by atoms with Crippen LogP contribution in [0.2, 0.25) is 0 Å². The summed E-state index contributed by atoms with van der Waals surface area (Å²) in [5, 5.41) is 0. The summed E-state index contributed by atoms with van der Waals surface area (Å²) in [6.07, 6.45) is 4.90. The molecule has 1 saturated heterocycles. The van der Waals surface area contributed by atoms with Crippen molar-refractivity contribution in [3.05, 3.63) is 0 Å². The van der Waals surface area contributed by atoms with Crippen LogP contribution in [0.25, 0.3) is 0 Å². The monoisotopic (exact) mass is 239 g/mol. The highest BCUT2D eigenvalue weighted by molar-refractivity contribution is 5.00. The molecule has 0 unspecified atom stereocenters. The molecule has 2 nitrogen and oxygen atoms in total. The van der Waals surface area contributed by atoms with Crippen molar-refractivity contribution < 1.29 is 4.74 Å². The zero-order chi connectivity index (χ0) is 12.6. The molecule has 17 heavy (non-hydrogen) atoms. The van der Waals surface area contributed by atoms with Crippen molar-refractivity contribution in [3.63, 3.8) is 0 Å². The van der Waals surface area contributed by atoms with Gasteiger partial charge in [-0.25, -0.2) is 0 Å². The van der Waals surface area contributed by atoms with Gasteiger partial charge in [0.1, 0.15) is 0 Å². The van der Waals surface area contributed by atoms with Gasteiger partial charge in [-0.15, -0.1) is 0 Å². The summed E-state index contributed by atoms with van der Waals surface area (Å²) in [7, 11) is 0. The fourth-order valence-electron chi connectivity index (χ4n) is 3.67. The van der Waals surface area contributed by atoms with Crippen molar-refractivity contribution in [2.24, 2.45) is 11.3 Å². The summed E-state index contributed by atoms with van der Waals surface area (Å²) < 4.78 is 6.03. The first kappa shape index (κ1) is 13.4. The number of hydrogen-bond acceptors (Lipinski definition) is 2. The van der Waals surface area contributed by atoms with Gasteiger partial charge in [0.05, 0.1) is 12.2 Å². The highest BCUT2D eigenvalue weighted by Crippen LogP contribution is 2.47. The van der Waals surface area contributed by atoms with Crippen LogP contribution in [0.5, 0.6) is 0 Å². The van der Waals surface area contributed by atoms with E-state index in [0.29, 0.717) is 17.6 Å². The van der Waals surface area contributed by atoms with Gasteiger partial charge in [-0.3, -0.25) is 4.90 Å². The van der Waals surface area contributed by atoms with E-state index in [1.54, 1.807) is 0 Å². The Morgan fingerprint density at radius 1 is 1.18 bits per heavy atom. The molecule has 2 aliphatic rings. The van der Waals surface area contributed by atoms with Crippen LogP contribution in [-0.4, -0.2) is 36.2 Å². The van der Waals surface area contributed by atoms with Gasteiger partial charge >= 0.3 is 0 Å². The van der Waals surface area contributed by atoms with E-state index in [-0.39, 0.29) is 0 Å². The van der Waals surface area contributed by atoms with Gasteiger partial charge in [-0.1, -0.05) is 6.92 Å². The van der Waals surface area contributed by atoms with Gasteiger partial charge in [0, 0.05) is 19.1 Å². The molecule has 2 heteroatoms. The van der Waals surface area contributed by atoms with Gasteiger partial charge in [0.15, 0.2) is 0 Å². The van der Waals surface area contributed by atoms with E-state index in [1.165, 1.54) is 32.4 Å². The molecule has 1 spiro atoms. The van der Waals surface area contributed by atoms with Gasteiger partial charge in [-0.2, -0.15) is 0 Å². The van der Waals surface area contributed by atoms with E-state index in [9.17, 15) is 0 Å². The molecule has 0 aromatic carbocycles. The zero-order valence-corrected chi connectivity index (χ0v) is 12.2. The third-order valence-electron chi connectivity index (χ3n) is 4.60. The Kier molecular flexibility index (Phi) is 3.84. The molecule has 2 fully saturated rings. The summed E-state index contributed by atoms with van der Waals surface area (Å²) in [6, 6.07) is 0.723. The largest absolute Gasteiger partial charge is 0.375 e. The fraction of sp³-hybridized carbons (Fsp3) is 1.00. The summed E-state index contributed by atoms with van der Waals surface area (Å²) in [5.74, 6) is 0.737. The maximum atomic E-state index is 6.03. The first-order valence-electron chi connectivity index (χ1n) is 7.31. The second-order valence-electron chi connectivity index (χ2n) is 6.94. The number of ether oxygens (including phenoxy) is 1. The van der Waals surface area contributed by atoms with E-state index in [2.05, 4.69) is 39.5 Å². The van der Waals surface area contributed by atoms with Gasteiger partial charge in [0.25, 0.3) is 0 Å². The molecule has 2 atom stereocenters. The predicted octanol–water partition coefficient (Wildman–Crippen LogP) is 3.31. The van der Waals surface area contributed by atoms with Crippen LogP contribution >= 0.6 is 0 Å². The molecule has 100 valence electrons. The Morgan fingerprint density at radius 2 is 1.82 bits per heavy atom. The average Bonchev–Trinajstić information content (AvgIpc) is 2.16. The van der Waals surface area contributed by atoms with Gasteiger partial charge in [-0.05, 0) is 58.3 Å². The van der Waals surface area contributed by atoms with E-state index < -0.39 is 0 Å². The van der Waals surface area contributed by atoms with Crippen LogP contribution in [0.4, 0.5) is 0 Å². The lowest BCUT2D eigenvalue weighted by molar-refractivity contribution is -0.116. The van der Waals surface area contributed by atoms with Crippen LogP contribution in [0, 0.1) is 11.3 Å². The summed E-state index contributed by atoms with van der Waals surface area (Å²) in [4.78, 5) is 2.61. The quantitative estimate of drug-likeness (QED) is 0.749. The second-order valence-corrected chi connectivity index (χ2v) is 6.94. The molecule has 1 aliphatic heterocycles. The molecule has 1 aliphatic carbocycles. The van der Waals surface area contributed by atoms with Crippen LogP contribution in [0.1, 0.15) is 53.9 Å². The smallest absolute Gasteiger partial charge is 0.0604 e. The summed E-state index contributed by atoms with van der Waals surface area (Å²) in [5.41, 5.74) is 0.639. The van der Waals surface area contributed by atoms with Gasteiger partial charge < -0.3 is 4.74 Å². The van der Waals surface area contributed by atoms with E-state index >= 15 is 0 Å². The first-order chi connectivity index (χ1) is 7.92. The molecule has 0 aromatic heterocycles. The molecule has 0 N–H and O–H groups in total. The van der Waals surface area contributed by atoms with E-state index in [4.69, 9.17) is 4.74 Å². The number of nitrogens with zero attached hydrogens (tertiary/aromatic N) is 1. The standard InChI is InChI=1S/C15H29NO/c1-11(2)16-9-15(10-16)7-6-14(13(5)8-15)17-12(3)4/h11-14H,6-10H2,1-5H3/t13-,14+/m1/s1. The van der Waals surface area contributed by atoms with Crippen LogP contribution in [0.3, 0.4) is 0 Å². The zero-order valence-electron chi connectivity index (χ0n) is 12.2. The molecule has 0 amide bonds. The maximum absolute atomic E-state index is 6.03. The molecular weight excluding hydrogens is 210 g/mol. The van der Waals surface area contributed by atoms with Crippen molar-refractivity contribution in [1.29, 1.82) is 0 Å². The Bertz CT molecular complexity index is 256. The fourth-order valence-corrected chi connectivity index (χ4v) is 3.67. The van der Waals surface area contributed by atoms with Crippen LogP contribution in [-0.2, 0) is 4.74 Å². The lowest BCUT2D eigenvalue weighted by Crippen LogP contribution is -2.61. The predicted molar refractivity (Wildman–Crippen MR) is 72.2 cm³/mol. The third-order valence-corrected chi connectivity index (χ3v) is 4.60. The topological polar surface area (TPSA) is 12.5 Å². The molecule has 0 aromatic rings. The molecule has 2 rings (SSSR count). The van der Waals surface area contributed by atoms with Crippen molar-refractivity contribution in [1.82, 2.24) is 4.90 Å². The van der Waals surface area contributed by atoms with Crippen molar-refractivity contribution in [3.8, 4) is 0 Å². The highest BCUT2D eigenvalue weighted by Gasteiger charge is 2.48. The molecule has 1 heterocycles. The van der Waals surface area contributed by atoms with Crippen LogP contribution < -0.4 is 0 Å². The molecular formula is C15H29NO. The molecule has 0 radical (unpaired) electrons. The normalized spacial score (nSPS) is 33.4. The minimum absolute atomic E-state index is 0.380. The Balaban J connectivity index is 1.84. The average molecular weight is 239 g/mol. The Hall–Kier alpha value is -0.0800. The first-order valence-corrected chi connectivity index (χ1v) is 7.31. The van der Waals surface area contributed by atoms with Crippen molar-refractivity contribution >= 4 is 0 Å². The molecule has 0 bridgehead atoms. The third kappa shape index (κ3) is 2.85.